The number of nitrogens with two attached hydrogens (primary N) is 2. The van der Waals surface area contributed by atoms with E-state index in [0.717, 1.165) is 54.0 Å². The first-order valence-electron chi connectivity index (χ1n) is 10.7. The van der Waals surface area contributed by atoms with Gasteiger partial charge in [0.15, 0.2) is 5.65 Å². The van der Waals surface area contributed by atoms with E-state index in [1.165, 1.54) is 11.8 Å². The first-order valence-corrected chi connectivity index (χ1v) is 12.3. The van der Waals surface area contributed by atoms with E-state index >= 15 is 0 Å². The van der Waals surface area contributed by atoms with Crippen molar-refractivity contribution in [3.05, 3.63) is 40.1 Å². The molecule has 4 heterocycles. The van der Waals surface area contributed by atoms with Gasteiger partial charge in [-0.15, -0.1) is 10.2 Å². The molecule has 7 nitrogen and oxygen atoms in total. The van der Waals surface area contributed by atoms with Crippen molar-refractivity contribution in [2.75, 3.05) is 30.3 Å². The van der Waals surface area contributed by atoms with Crippen LogP contribution in [0.5, 0.6) is 0 Å². The average Bonchev–Trinajstić information content (AvgIpc) is 3.29. The van der Waals surface area contributed by atoms with Gasteiger partial charge in [-0.2, -0.15) is 0 Å². The van der Waals surface area contributed by atoms with Gasteiger partial charge in [0.05, 0.1) is 33.3 Å². The molecule has 10 heteroatoms. The number of pyridine rings is 1. The molecular weight excluding hydrogens is 467 g/mol. The maximum atomic E-state index is 6.55. The van der Waals surface area contributed by atoms with E-state index < -0.39 is 0 Å². The molecule has 2 fully saturated rings. The summed E-state index contributed by atoms with van der Waals surface area (Å²) in [5, 5.41) is 9.80. The van der Waals surface area contributed by atoms with Crippen LogP contribution < -0.4 is 16.4 Å². The SMILES string of the molecule is Cc1nnc2c(Sc3cccc(Cl)c3Cl)c(N)cc(N3CCC4(CC3)COC(C)C4N)n12. The zero-order chi connectivity index (χ0) is 22.6. The number of hydrogen-bond donors (Lipinski definition) is 2. The fourth-order valence-corrected chi connectivity index (χ4v) is 6.28. The molecule has 4 N–H and O–H groups in total. The molecule has 2 unspecified atom stereocenters. The Morgan fingerprint density at radius 2 is 1.97 bits per heavy atom. The quantitative estimate of drug-likeness (QED) is 0.558. The minimum Gasteiger partial charge on any atom is -0.398 e. The van der Waals surface area contributed by atoms with Gasteiger partial charge in [-0.25, -0.2) is 0 Å². The van der Waals surface area contributed by atoms with Crippen LogP contribution in [0.1, 0.15) is 25.6 Å². The number of piperidine rings is 1. The molecule has 2 saturated heterocycles. The van der Waals surface area contributed by atoms with Crippen LogP contribution in [0.15, 0.2) is 34.1 Å². The van der Waals surface area contributed by atoms with Gasteiger partial charge in [0.1, 0.15) is 11.6 Å². The van der Waals surface area contributed by atoms with Crippen LogP contribution in [-0.2, 0) is 4.74 Å². The Balaban J connectivity index is 1.49. The topological polar surface area (TPSA) is 94.7 Å². The van der Waals surface area contributed by atoms with E-state index in [4.69, 9.17) is 39.4 Å². The maximum Gasteiger partial charge on any atom is 0.178 e. The number of benzene rings is 1. The van der Waals surface area contributed by atoms with Crippen molar-refractivity contribution in [2.45, 2.75) is 48.6 Å². The molecule has 2 aliphatic heterocycles. The molecule has 3 aromatic rings. The lowest BCUT2D eigenvalue weighted by molar-refractivity contribution is 0.0974. The van der Waals surface area contributed by atoms with Crippen LogP contribution in [0, 0.1) is 12.3 Å². The van der Waals surface area contributed by atoms with Crippen LogP contribution in [0.4, 0.5) is 11.5 Å². The minimum atomic E-state index is 0.0575. The Kier molecular flexibility index (Phi) is 5.70. The third-order valence-corrected chi connectivity index (χ3v) is 8.98. The second-order valence-corrected chi connectivity index (χ2v) is 10.6. The molecule has 1 spiro atoms. The summed E-state index contributed by atoms with van der Waals surface area (Å²) in [6, 6.07) is 7.64. The lowest BCUT2D eigenvalue weighted by atomic mass is 9.73. The number of ether oxygens (including phenoxy) is 1. The van der Waals surface area contributed by atoms with E-state index in [1.54, 1.807) is 6.07 Å². The zero-order valence-corrected chi connectivity index (χ0v) is 20.3. The van der Waals surface area contributed by atoms with E-state index in [-0.39, 0.29) is 17.6 Å². The van der Waals surface area contributed by atoms with E-state index in [9.17, 15) is 0 Å². The van der Waals surface area contributed by atoms with E-state index in [1.807, 2.05) is 25.1 Å². The Morgan fingerprint density at radius 1 is 1.22 bits per heavy atom. The van der Waals surface area contributed by atoms with Crippen molar-refractivity contribution in [3.63, 3.8) is 0 Å². The number of nitrogens with zero attached hydrogens (tertiary/aromatic N) is 4. The molecule has 0 radical (unpaired) electrons. The Hall–Kier alpha value is -1.71. The summed E-state index contributed by atoms with van der Waals surface area (Å²) in [6.45, 7) is 6.51. The number of aryl methyl sites for hydroxylation is 1. The van der Waals surface area contributed by atoms with Crippen LogP contribution >= 0.6 is 35.0 Å². The molecule has 2 aromatic heterocycles. The minimum absolute atomic E-state index is 0.0575. The van der Waals surface area contributed by atoms with Crippen LogP contribution in [0.3, 0.4) is 0 Å². The summed E-state index contributed by atoms with van der Waals surface area (Å²) in [6.07, 6.45) is 2.07. The van der Waals surface area contributed by atoms with E-state index in [0.29, 0.717) is 21.4 Å². The van der Waals surface area contributed by atoms with Gasteiger partial charge in [0, 0.05) is 35.5 Å². The molecule has 1 aromatic carbocycles. The van der Waals surface area contributed by atoms with E-state index in [2.05, 4.69) is 26.4 Å². The highest BCUT2D eigenvalue weighted by Gasteiger charge is 2.47. The number of aromatic nitrogens is 3. The normalized spacial score (nSPS) is 22.8. The average molecular weight is 493 g/mol. The van der Waals surface area contributed by atoms with Gasteiger partial charge in [0.25, 0.3) is 0 Å². The second kappa shape index (κ2) is 8.25. The van der Waals surface area contributed by atoms with Crippen molar-refractivity contribution in [1.29, 1.82) is 0 Å². The van der Waals surface area contributed by atoms with Crippen molar-refractivity contribution in [2.24, 2.45) is 11.1 Å². The van der Waals surface area contributed by atoms with Gasteiger partial charge in [0.2, 0.25) is 0 Å². The molecule has 2 aliphatic rings. The molecule has 0 bridgehead atoms. The highest BCUT2D eigenvalue weighted by molar-refractivity contribution is 7.99. The standard InChI is InChI=1S/C22H26Cl2N6OS/c1-12-20(26)22(11-31-12)6-8-29(9-7-22)17-10-15(25)19(21-28-27-13(2)30(17)21)32-16-5-3-4-14(23)18(16)24/h3-5,10,12,20H,6-9,11,25-26H2,1-2H3. The number of hydrogen-bond acceptors (Lipinski definition) is 7. The van der Waals surface area contributed by atoms with Crippen molar-refractivity contribution >= 4 is 52.1 Å². The summed E-state index contributed by atoms with van der Waals surface area (Å²) >= 11 is 14.1. The largest absolute Gasteiger partial charge is 0.398 e. The zero-order valence-electron chi connectivity index (χ0n) is 18.0. The Labute approximate surface area is 201 Å². The molecule has 5 rings (SSSR count). The Bertz CT molecular complexity index is 1180. The maximum absolute atomic E-state index is 6.55. The number of fused-ring (bicyclic) bond motifs is 1. The van der Waals surface area contributed by atoms with Crippen LogP contribution in [0.2, 0.25) is 10.0 Å². The number of halogens is 2. The van der Waals surface area contributed by atoms with Crippen LogP contribution in [-0.4, -0.2) is 46.4 Å². The molecular formula is C22H26Cl2N6OS. The molecule has 170 valence electrons. The number of nitrogen functional groups attached to an aromatic ring is 1. The van der Waals surface area contributed by atoms with Gasteiger partial charge >= 0.3 is 0 Å². The highest BCUT2D eigenvalue weighted by atomic mass is 35.5. The predicted octanol–water partition coefficient (Wildman–Crippen LogP) is 4.41. The molecule has 2 atom stereocenters. The lowest BCUT2D eigenvalue weighted by Crippen LogP contribution is -2.51. The molecule has 0 saturated carbocycles. The molecule has 0 aliphatic carbocycles. The fourth-order valence-electron chi connectivity index (χ4n) is 4.85. The van der Waals surface area contributed by atoms with Gasteiger partial charge in [-0.3, -0.25) is 4.40 Å². The van der Waals surface area contributed by atoms with Gasteiger partial charge < -0.3 is 21.1 Å². The second-order valence-electron chi connectivity index (χ2n) is 8.74. The first-order chi connectivity index (χ1) is 15.3. The summed E-state index contributed by atoms with van der Waals surface area (Å²) in [4.78, 5) is 3.99. The highest BCUT2D eigenvalue weighted by Crippen LogP contribution is 2.45. The summed E-state index contributed by atoms with van der Waals surface area (Å²) in [5.74, 6) is 1.81. The van der Waals surface area contributed by atoms with Crippen molar-refractivity contribution in [1.82, 2.24) is 14.6 Å². The third kappa shape index (κ3) is 3.53. The number of rotatable bonds is 3. The summed E-state index contributed by atoms with van der Waals surface area (Å²) in [5.41, 5.74) is 14.5. The van der Waals surface area contributed by atoms with Crippen molar-refractivity contribution < 1.29 is 4.74 Å². The molecule has 32 heavy (non-hydrogen) atoms. The van der Waals surface area contributed by atoms with Gasteiger partial charge in [-0.1, -0.05) is 41.0 Å². The lowest BCUT2D eigenvalue weighted by Gasteiger charge is -2.42. The third-order valence-electron chi connectivity index (χ3n) is 6.86. The summed E-state index contributed by atoms with van der Waals surface area (Å²) in [7, 11) is 0. The molecule has 0 amide bonds. The van der Waals surface area contributed by atoms with Crippen LogP contribution in [0.25, 0.3) is 5.65 Å². The monoisotopic (exact) mass is 492 g/mol. The smallest absolute Gasteiger partial charge is 0.178 e. The Morgan fingerprint density at radius 3 is 2.66 bits per heavy atom. The predicted molar refractivity (Wildman–Crippen MR) is 130 cm³/mol. The number of anilines is 2. The first kappa shape index (κ1) is 22.1. The summed E-state index contributed by atoms with van der Waals surface area (Å²) < 4.78 is 7.95. The fraction of sp³-hybridized carbons (Fsp3) is 0.455. The van der Waals surface area contributed by atoms with Crippen molar-refractivity contribution in [3.8, 4) is 0 Å². The van der Waals surface area contributed by atoms with Gasteiger partial charge in [-0.05, 0) is 38.8 Å².